The van der Waals surface area contributed by atoms with E-state index in [4.69, 9.17) is 15.1 Å². The van der Waals surface area contributed by atoms with Crippen LogP contribution in [-0.4, -0.2) is 46.0 Å². The number of nitrogens with one attached hydrogen (secondary N) is 2. The smallest absolute Gasteiger partial charge is 0.226 e. The van der Waals surface area contributed by atoms with E-state index in [0.29, 0.717) is 35.8 Å². The van der Waals surface area contributed by atoms with Crippen molar-refractivity contribution in [2.75, 3.05) is 10.6 Å². The minimum atomic E-state index is -0.445. The highest BCUT2D eigenvalue weighted by Gasteiger charge is 2.54. The summed E-state index contributed by atoms with van der Waals surface area (Å²) in [5, 5.41) is 23.7. The number of imidazole rings is 1. The van der Waals surface area contributed by atoms with Crippen LogP contribution < -0.4 is 10.6 Å². The lowest BCUT2D eigenvalue weighted by molar-refractivity contribution is -0.129. The minimum absolute atomic E-state index is 0.295. The number of fused-ring (bicyclic) bond motifs is 1. The molecule has 7 rings (SSSR count). The van der Waals surface area contributed by atoms with E-state index in [9.17, 15) is 5.11 Å². The Balaban J connectivity index is 1.38. The maximum absolute atomic E-state index is 11.0. The molecule has 3 aromatic rings. The summed E-state index contributed by atoms with van der Waals surface area (Å²) in [4.78, 5) is 14.3. The van der Waals surface area contributed by atoms with Gasteiger partial charge in [-0.3, -0.25) is 0 Å². The van der Waals surface area contributed by atoms with Gasteiger partial charge in [0.15, 0.2) is 5.65 Å². The van der Waals surface area contributed by atoms with Gasteiger partial charge >= 0.3 is 0 Å². The molecule has 3 aromatic heterocycles. The average molecular weight is 451 g/mol. The topological polar surface area (TPSA) is 106 Å². The van der Waals surface area contributed by atoms with Gasteiger partial charge in [-0.25, -0.2) is 9.67 Å². The van der Waals surface area contributed by atoms with Crippen molar-refractivity contribution in [2.24, 2.45) is 24.8 Å². The maximum Gasteiger partial charge on any atom is 0.226 e. The first-order valence-corrected chi connectivity index (χ1v) is 12.4. The highest BCUT2D eigenvalue weighted by Crippen LogP contribution is 2.56. The second-order valence-corrected chi connectivity index (χ2v) is 10.6. The molecule has 9 heteroatoms. The van der Waals surface area contributed by atoms with Gasteiger partial charge in [0.05, 0.1) is 29.6 Å². The van der Waals surface area contributed by atoms with E-state index in [-0.39, 0.29) is 0 Å². The van der Waals surface area contributed by atoms with Crippen molar-refractivity contribution < 1.29 is 5.11 Å². The first-order valence-electron chi connectivity index (χ1n) is 12.4. The molecule has 0 spiro atoms. The lowest BCUT2D eigenvalue weighted by Gasteiger charge is -2.58. The third-order valence-electron chi connectivity index (χ3n) is 8.23. The van der Waals surface area contributed by atoms with E-state index in [0.717, 1.165) is 54.8 Å². The molecule has 4 aliphatic rings. The number of aromatic nitrogens is 6. The molecule has 4 bridgehead atoms. The Labute approximate surface area is 194 Å². The second kappa shape index (κ2) is 7.68. The summed E-state index contributed by atoms with van der Waals surface area (Å²) in [5.74, 6) is 3.74. The van der Waals surface area contributed by atoms with E-state index >= 15 is 0 Å². The summed E-state index contributed by atoms with van der Waals surface area (Å²) >= 11 is 0. The molecule has 4 aliphatic carbocycles. The molecular weight excluding hydrogens is 416 g/mol. The van der Waals surface area contributed by atoms with Gasteiger partial charge in [-0.1, -0.05) is 13.8 Å². The number of anilines is 3. The lowest BCUT2D eigenvalue weighted by atomic mass is 9.52. The average Bonchev–Trinajstić information content (AvgIpc) is 3.37. The largest absolute Gasteiger partial charge is 0.390 e. The molecule has 4 fully saturated rings. The zero-order valence-electron chi connectivity index (χ0n) is 19.7. The number of aryl methyl sites for hydroxylation is 1. The SMILES string of the molecule is CCC(CC)n1ncc2c(Nc3cn(C)cn3)nc(NC3C4CC5CC3CC(O)(C5)C4)nc21. The summed E-state index contributed by atoms with van der Waals surface area (Å²) < 4.78 is 3.96. The Morgan fingerprint density at radius 3 is 2.55 bits per heavy atom. The molecule has 9 nitrogen and oxygen atoms in total. The quantitative estimate of drug-likeness (QED) is 0.499. The Morgan fingerprint density at radius 1 is 1.15 bits per heavy atom. The maximum atomic E-state index is 11.0. The van der Waals surface area contributed by atoms with E-state index < -0.39 is 5.60 Å². The second-order valence-electron chi connectivity index (χ2n) is 10.6. The van der Waals surface area contributed by atoms with E-state index in [1.54, 1.807) is 6.33 Å². The summed E-state index contributed by atoms with van der Waals surface area (Å²) in [6, 6.07) is 0.606. The summed E-state index contributed by atoms with van der Waals surface area (Å²) in [6.45, 7) is 4.38. The molecule has 0 aromatic carbocycles. The van der Waals surface area contributed by atoms with Crippen LogP contribution in [0.4, 0.5) is 17.6 Å². The molecule has 0 radical (unpaired) electrons. The van der Waals surface area contributed by atoms with Gasteiger partial charge in [0.1, 0.15) is 11.6 Å². The molecule has 2 unspecified atom stereocenters. The highest BCUT2D eigenvalue weighted by atomic mass is 16.3. The minimum Gasteiger partial charge on any atom is -0.390 e. The van der Waals surface area contributed by atoms with Crippen LogP contribution in [0.3, 0.4) is 0 Å². The van der Waals surface area contributed by atoms with Gasteiger partial charge < -0.3 is 20.3 Å². The Bertz CT molecular complexity index is 1150. The van der Waals surface area contributed by atoms with Gasteiger partial charge in [0.25, 0.3) is 0 Å². The van der Waals surface area contributed by atoms with Crippen LogP contribution >= 0.6 is 0 Å². The number of hydrogen-bond donors (Lipinski definition) is 3. The Morgan fingerprint density at radius 2 is 1.91 bits per heavy atom. The monoisotopic (exact) mass is 450 g/mol. The number of rotatable bonds is 7. The first kappa shape index (κ1) is 20.9. The van der Waals surface area contributed by atoms with Gasteiger partial charge in [-0.05, 0) is 62.7 Å². The number of hydrogen-bond acceptors (Lipinski definition) is 7. The first-order chi connectivity index (χ1) is 15.9. The highest BCUT2D eigenvalue weighted by molar-refractivity contribution is 5.89. The standard InChI is InChI=1S/C24H34N8O/c1-4-17(5-2)32-22-18(11-26-32)21(27-19-12-31(3)13-25-19)29-23(30-22)28-20-15-6-14-7-16(20)10-24(33,8-14)9-15/h11-17,20,33H,4-10H2,1-3H3,(H2,27,28,29,30). The van der Waals surface area contributed by atoms with Crippen molar-refractivity contribution in [1.29, 1.82) is 0 Å². The molecule has 2 atom stereocenters. The van der Waals surface area contributed by atoms with Crippen LogP contribution in [0, 0.1) is 17.8 Å². The zero-order valence-corrected chi connectivity index (χ0v) is 19.7. The van der Waals surface area contributed by atoms with Crippen molar-refractivity contribution in [3.05, 3.63) is 18.7 Å². The van der Waals surface area contributed by atoms with Gasteiger partial charge in [-0.15, -0.1) is 0 Å². The van der Waals surface area contributed by atoms with Gasteiger partial charge in [-0.2, -0.15) is 15.1 Å². The van der Waals surface area contributed by atoms with Crippen molar-refractivity contribution in [3.8, 4) is 0 Å². The van der Waals surface area contributed by atoms with Crippen LogP contribution in [0.2, 0.25) is 0 Å². The number of nitrogens with zero attached hydrogens (tertiary/aromatic N) is 6. The summed E-state index contributed by atoms with van der Waals surface area (Å²) in [5.41, 5.74) is 0.404. The van der Waals surface area contributed by atoms with E-state index in [1.807, 2.05) is 28.7 Å². The predicted molar refractivity (Wildman–Crippen MR) is 127 cm³/mol. The molecule has 3 N–H and O–H groups in total. The third-order valence-corrected chi connectivity index (χ3v) is 8.23. The van der Waals surface area contributed by atoms with Crippen LogP contribution in [0.15, 0.2) is 18.7 Å². The lowest BCUT2D eigenvalue weighted by Crippen LogP contribution is -2.59. The summed E-state index contributed by atoms with van der Waals surface area (Å²) in [6.07, 6.45) is 12.7. The predicted octanol–water partition coefficient (Wildman–Crippen LogP) is 4.02. The molecule has 0 amide bonds. The molecule has 3 heterocycles. The summed E-state index contributed by atoms with van der Waals surface area (Å²) in [7, 11) is 1.95. The van der Waals surface area contributed by atoms with Crippen molar-refractivity contribution in [1.82, 2.24) is 29.3 Å². The van der Waals surface area contributed by atoms with Crippen LogP contribution in [0.25, 0.3) is 11.0 Å². The van der Waals surface area contributed by atoms with Gasteiger partial charge in [0, 0.05) is 19.3 Å². The van der Waals surface area contributed by atoms with Crippen molar-refractivity contribution >= 4 is 28.6 Å². The van der Waals surface area contributed by atoms with Crippen molar-refractivity contribution in [3.63, 3.8) is 0 Å². The normalized spacial score (nSPS) is 30.5. The van der Waals surface area contributed by atoms with Crippen LogP contribution in [-0.2, 0) is 7.05 Å². The molecule has 4 saturated carbocycles. The fourth-order valence-corrected chi connectivity index (χ4v) is 6.95. The van der Waals surface area contributed by atoms with E-state index in [2.05, 4.69) is 29.5 Å². The van der Waals surface area contributed by atoms with Gasteiger partial charge in [0.2, 0.25) is 5.95 Å². The Kier molecular flexibility index (Phi) is 4.87. The Hall–Kier alpha value is -2.68. The fourth-order valence-electron chi connectivity index (χ4n) is 6.95. The van der Waals surface area contributed by atoms with E-state index in [1.165, 1.54) is 12.8 Å². The van der Waals surface area contributed by atoms with Crippen molar-refractivity contribution in [2.45, 2.75) is 76.5 Å². The third kappa shape index (κ3) is 3.57. The molecule has 33 heavy (non-hydrogen) atoms. The fraction of sp³-hybridized carbons (Fsp3) is 0.667. The number of aliphatic hydroxyl groups is 1. The molecule has 0 aliphatic heterocycles. The molecular formula is C24H34N8O. The van der Waals surface area contributed by atoms with Crippen LogP contribution in [0.1, 0.15) is 64.8 Å². The van der Waals surface area contributed by atoms with Crippen LogP contribution in [0.5, 0.6) is 0 Å². The molecule has 176 valence electrons. The molecule has 0 saturated heterocycles. The zero-order chi connectivity index (χ0) is 22.7.